The minimum Gasteiger partial charge on any atom is -0.490 e. The third kappa shape index (κ3) is 4.35. The van der Waals surface area contributed by atoms with Crippen LogP contribution in [0.4, 0.5) is 0 Å². The summed E-state index contributed by atoms with van der Waals surface area (Å²) >= 11 is 0. The van der Waals surface area contributed by atoms with E-state index >= 15 is 0 Å². The molecule has 24 heavy (non-hydrogen) atoms. The number of nitrogens with zero attached hydrogens (tertiary/aromatic N) is 3. The van der Waals surface area contributed by atoms with Crippen LogP contribution in [-0.2, 0) is 18.3 Å². The van der Waals surface area contributed by atoms with Gasteiger partial charge in [-0.25, -0.2) is 4.98 Å². The number of aromatic nitrogens is 2. The minimum atomic E-state index is -1.04. The summed E-state index contributed by atoms with van der Waals surface area (Å²) in [4.78, 5) is 6.52. The summed E-state index contributed by atoms with van der Waals surface area (Å²) < 4.78 is 13.4. The Balaban J connectivity index is 1.63. The molecule has 1 aromatic carbocycles. The first-order chi connectivity index (χ1) is 11.5. The first-order valence-electron chi connectivity index (χ1n) is 8.22. The molecule has 0 spiro atoms. The molecule has 1 aliphatic rings. The van der Waals surface area contributed by atoms with Crippen LogP contribution in [0, 0.1) is 6.92 Å². The van der Waals surface area contributed by atoms with Gasteiger partial charge in [-0.05, 0) is 24.6 Å². The van der Waals surface area contributed by atoms with Crippen LogP contribution in [0.5, 0.6) is 5.75 Å². The lowest BCUT2D eigenvalue weighted by molar-refractivity contribution is -0.0648. The molecule has 1 aromatic heterocycles. The van der Waals surface area contributed by atoms with Gasteiger partial charge in [-0.3, -0.25) is 4.90 Å². The molecule has 3 rings (SSSR count). The standard InChI is InChI=1S/C18H25N3O3/c1-15-4-3-5-16(10-15)24-14-18(22)12-21(8-9-23-13-18)11-17-19-6-7-20(17)2/h3-7,10,22H,8-9,11-14H2,1-2H3/t18-/m1/s1. The highest BCUT2D eigenvalue weighted by atomic mass is 16.5. The van der Waals surface area contributed by atoms with Crippen LogP contribution in [-0.4, -0.2) is 58.1 Å². The number of aryl methyl sites for hydroxylation is 2. The van der Waals surface area contributed by atoms with Gasteiger partial charge in [-0.1, -0.05) is 12.1 Å². The summed E-state index contributed by atoms with van der Waals surface area (Å²) in [5, 5.41) is 10.9. The van der Waals surface area contributed by atoms with Crippen molar-refractivity contribution in [2.45, 2.75) is 19.1 Å². The Bertz CT molecular complexity index is 673. The molecule has 0 aliphatic carbocycles. The molecule has 6 heteroatoms. The number of imidazole rings is 1. The molecule has 0 bridgehead atoms. The van der Waals surface area contributed by atoms with Crippen LogP contribution in [0.1, 0.15) is 11.4 Å². The monoisotopic (exact) mass is 331 g/mol. The lowest BCUT2D eigenvalue weighted by Gasteiger charge is -2.30. The molecular formula is C18H25N3O3. The van der Waals surface area contributed by atoms with E-state index in [0.29, 0.717) is 19.7 Å². The van der Waals surface area contributed by atoms with Gasteiger partial charge in [0.2, 0.25) is 0 Å². The smallest absolute Gasteiger partial charge is 0.134 e. The molecule has 0 saturated carbocycles. The Labute approximate surface area is 142 Å². The highest BCUT2D eigenvalue weighted by molar-refractivity contribution is 5.27. The molecule has 1 fully saturated rings. The molecule has 1 saturated heterocycles. The zero-order chi connectivity index (χ0) is 17.0. The molecule has 130 valence electrons. The Kier molecular flexibility index (Phi) is 5.18. The first kappa shape index (κ1) is 17.0. The van der Waals surface area contributed by atoms with Gasteiger partial charge in [0, 0.05) is 32.5 Å². The van der Waals surface area contributed by atoms with E-state index in [1.807, 2.05) is 49.0 Å². The van der Waals surface area contributed by atoms with E-state index in [0.717, 1.165) is 23.7 Å². The molecule has 0 amide bonds. The second kappa shape index (κ2) is 7.34. The maximum atomic E-state index is 10.9. The first-order valence-corrected chi connectivity index (χ1v) is 8.22. The van der Waals surface area contributed by atoms with Crippen molar-refractivity contribution >= 4 is 0 Å². The van der Waals surface area contributed by atoms with Gasteiger partial charge in [0.25, 0.3) is 0 Å². The largest absolute Gasteiger partial charge is 0.490 e. The number of benzene rings is 1. The van der Waals surface area contributed by atoms with Crippen molar-refractivity contribution in [3.05, 3.63) is 48.0 Å². The van der Waals surface area contributed by atoms with E-state index < -0.39 is 5.60 Å². The van der Waals surface area contributed by atoms with Gasteiger partial charge in [0.05, 0.1) is 19.8 Å². The summed E-state index contributed by atoms with van der Waals surface area (Å²) in [6.45, 7) is 5.02. The van der Waals surface area contributed by atoms with E-state index in [4.69, 9.17) is 9.47 Å². The Morgan fingerprint density at radius 2 is 2.29 bits per heavy atom. The topological polar surface area (TPSA) is 59.8 Å². The Hall–Kier alpha value is -1.89. The van der Waals surface area contributed by atoms with Gasteiger partial charge in [-0.2, -0.15) is 0 Å². The number of hydrogen-bond acceptors (Lipinski definition) is 5. The second-order valence-electron chi connectivity index (χ2n) is 6.55. The summed E-state index contributed by atoms with van der Waals surface area (Å²) in [5.74, 6) is 1.74. The van der Waals surface area contributed by atoms with Crippen LogP contribution in [0.3, 0.4) is 0 Å². The lowest BCUT2D eigenvalue weighted by atomic mass is 10.1. The van der Waals surface area contributed by atoms with Gasteiger partial charge in [0.1, 0.15) is 23.8 Å². The summed E-state index contributed by atoms with van der Waals surface area (Å²) in [5.41, 5.74) is 0.0961. The van der Waals surface area contributed by atoms with Crippen LogP contribution in [0.2, 0.25) is 0 Å². The Morgan fingerprint density at radius 3 is 3.04 bits per heavy atom. The fraction of sp³-hybridized carbons (Fsp3) is 0.500. The van der Waals surface area contributed by atoms with Gasteiger partial charge >= 0.3 is 0 Å². The molecule has 1 aliphatic heterocycles. The maximum Gasteiger partial charge on any atom is 0.134 e. The van der Waals surface area contributed by atoms with Crippen molar-refractivity contribution in [3.8, 4) is 5.75 Å². The quantitative estimate of drug-likeness (QED) is 0.897. The predicted molar refractivity (Wildman–Crippen MR) is 90.9 cm³/mol. The third-order valence-electron chi connectivity index (χ3n) is 4.22. The van der Waals surface area contributed by atoms with E-state index in [-0.39, 0.29) is 13.2 Å². The van der Waals surface area contributed by atoms with E-state index in [2.05, 4.69) is 9.88 Å². The third-order valence-corrected chi connectivity index (χ3v) is 4.22. The summed E-state index contributed by atoms with van der Waals surface area (Å²) in [7, 11) is 1.98. The van der Waals surface area contributed by atoms with E-state index in [1.165, 1.54) is 0 Å². The van der Waals surface area contributed by atoms with Crippen molar-refractivity contribution in [3.63, 3.8) is 0 Å². The van der Waals surface area contributed by atoms with Crippen molar-refractivity contribution in [2.75, 3.05) is 32.9 Å². The van der Waals surface area contributed by atoms with Crippen molar-refractivity contribution in [1.29, 1.82) is 0 Å². The average Bonchev–Trinajstić information content (AvgIpc) is 2.85. The predicted octanol–water partition coefficient (Wildman–Crippen LogP) is 1.37. The zero-order valence-corrected chi connectivity index (χ0v) is 14.3. The zero-order valence-electron chi connectivity index (χ0n) is 14.3. The second-order valence-corrected chi connectivity index (χ2v) is 6.55. The van der Waals surface area contributed by atoms with Crippen molar-refractivity contribution in [2.24, 2.45) is 7.05 Å². The van der Waals surface area contributed by atoms with Crippen LogP contribution < -0.4 is 4.74 Å². The fourth-order valence-corrected chi connectivity index (χ4v) is 2.89. The van der Waals surface area contributed by atoms with Crippen molar-refractivity contribution < 1.29 is 14.6 Å². The molecule has 1 N–H and O–H groups in total. The number of rotatable bonds is 5. The van der Waals surface area contributed by atoms with E-state index in [1.54, 1.807) is 6.20 Å². The molecule has 1 atom stereocenters. The number of aliphatic hydroxyl groups is 1. The van der Waals surface area contributed by atoms with Gasteiger partial charge in [0.15, 0.2) is 0 Å². The molecule has 0 radical (unpaired) electrons. The number of hydrogen-bond donors (Lipinski definition) is 1. The van der Waals surface area contributed by atoms with Crippen LogP contribution >= 0.6 is 0 Å². The SMILES string of the molecule is Cc1cccc(OC[C@]2(O)COCCN(Cc3nccn3C)C2)c1. The highest BCUT2D eigenvalue weighted by Crippen LogP contribution is 2.18. The van der Waals surface area contributed by atoms with Crippen LogP contribution in [0.25, 0.3) is 0 Å². The average molecular weight is 331 g/mol. The Morgan fingerprint density at radius 1 is 1.42 bits per heavy atom. The fourth-order valence-electron chi connectivity index (χ4n) is 2.89. The number of ether oxygens (including phenoxy) is 2. The maximum absolute atomic E-state index is 10.9. The molecule has 6 nitrogen and oxygen atoms in total. The summed E-state index contributed by atoms with van der Waals surface area (Å²) in [6.07, 6.45) is 3.72. The van der Waals surface area contributed by atoms with Crippen LogP contribution in [0.15, 0.2) is 36.7 Å². The van der Waals surface area contributed by atoms with Gasteiger partial charge < -0.3 is 19.1 Å². The number of β-amino-alcohol motifs (C(OH)–C–C–N with tert-alkyl or cyclic N) is 1. The minimum absolute atomic E-state index is 0.202. The molecule has 0 unspecified atom stereocenters. The molecule has 2 aromatic rings. The highest BCUT2D eigenvalue weighted by Gasteiger charge is 2.34. The normalized spacial score (nSPS) is 22.3. The summed E-state index contributed by atoms with van der Waals surface area (Å²) in [6, 6.07) is 7.84. The molecule has 2 heterocycles. The van der Waals surface area contributed by atoms with Crippen molar-refractivity contribution in [1.82, 2.24) is 14.5 Å². The van der Waals surface area contributed by atoms with Gasteiger partial charge in [-0.15, -0.1) is 0 Å². The lowest BCUT2D eigenvalue weighted by Crippen LogP contribution is -2.48. The molecular weight excluding hydrogens is 306 g/mol. The van der Waals surface area contributed by atoms with E-state index in [9.17, 15) is 5.11 Å².